The Morgan fingerprint density at radius 2 is 1.68 bits per heavy atom. The molecule has 2 fully saturated rings. The zero-order chi connectivity index (χ0) is 26.2. The lowest BCUT2D eigenvalue weighted by atomic mass is 10.3. The van der Waals surface area contributed by atoms with Crippen LogP contribution < -0.4 is 15.5 Å². The molecule has 37 heavy (non-hydrogen) atoms. The van der Waals surface area contributed by atoms with Gasteiger partial charge in [-0.2, -0.15) is 13.2 Å². The SMILES string of the molecule is CCC(=O)N1CCN(c2nc3c(N4CCOCC4)nc(-c4cnc(N)nc4)nc3n2CC(F)(F)F)CC1. The predicted molar refractivity (Wildman–Crippen MR) is 129 cm³/mol. The van der Waals surface area contributed by atoms with Crippen molar-refractivity contribution in [1.82, 2.24) is 34.4 Å². The van der Waals surface area contributed by atoms with Gasteiger partial charge in [0.1, 0.15) is 6.54 Å². The molecular weight excluding hydrogens is 493 g/mol. The predicted octanol–water partition coefficient (Wildman–Crippen LogP) is 1.32. The van der Waals surface area contributed by atoms with E-state index in [4.69, 9.17) is 10.5 Å². The standard InChI is InChI=1S/C22H27F3N10O2/c1-2-15(36)32-3-5-34(6-4-32)21-29-16-18(33-7-9-37-10-8-33)30-17(14-11-27-20(26)28-12-14)31-19(16)35(21)13-22(23,24)25/h11-12H,2-10,13H2,1H3,(H2,26,27,28). The molecule has 3 aromatic heterocycles. The Morgan fingerprint density at radius 1 is 1.00 bits per heavy atom. The summed E-state index contributed by atoms with van der Waals surface area (Å²) in [4.78, 5) is 39.3. The van der Waals surface area contributed by atoms with Gasteiger partial charge in [0.25, 0.3) is 0 Å². The highest BCUT2D eigenvalue weighted by Gasteiger charge is 2.34. The second kappa shape index (κ2) is 9.95. The molecule has 2 aliphatic rings. The first-order chi connectivity index (χ1) is 17.7. The number of aromatic nitrogens is 6. The lowest BCUT2D eigenvalue weighted by Crippen LogP contribution is -2.49. The van der Waals surface area contributed by atoms with Gasteiger partial charge in [0.05, 0.1) is 18.8 Å². The van der Waals surface area contributed by atoms with Crippen LogP contribution in [0.25, 0.3) is 22.6 Å². The molecule has 2 saturated heterocycles. The smallest absolute Gasteiger partial charge is 0.378 e. The van der Waals surface area contributed by atoms with Crippen molar-refractivity contribution < 1.29 is 22.7 Å². The van der Waals surface area contributed by atoms with E-state index in [-0.39, 0.29) is 34.8 Å². The maximum atomic E-state index is 13.8. The van der Waals surface area contributed by atoms with Crippen molar-refractivity contribution in [3.8, 4) is 11.4 Å². The number of nitrogens with two attached hydrogens (primary N) is 1. The zero-order valence-corrected chi connectivity index (χ0v) is 20.3. The zero-order valence-electron chi connectivity index (χ0n) is 20.3. The summed E-state index contributed by atoms with van der Waals surface area (Å²) < 4.78 is 48.0. The first kappa shape index (κ1) is 24.9. The number of nitrogen functional groups attached to an aromatic ring is 1. The second-order valence-corrected chi connectivity index (χ2v) is 8.81. The molecule has 15 heteroatoms. The molecule has 12 nitrogen and oxygen atoms in total. The van der Waals surface area contributed by atoms with Crippen molar-refractivity contribution in [2.45, 2.75) is 26.1 Å². The average Bonchev–Trinajstić information content (AvgIpc) is 3.25. The van der Waals surface area contributed by atoms with Crippen molar-refractivity contribution in [1.29, 1.82) is 0 Å². The van der Waals surface area contributed by atoms with Crippen molar-refractivity contribution in [3.05, 3.63) is 12.4 Å². The lowest BCUT2D eigenvalue weighted by molar-refractivity contribution is -0.139. The van der Waals surface area contributed by atoms with Crippen LogP contribution in [0, 0.1) is 0 Å². The monoisotopic (exact) mass is 520 g/mol. The fraction of sp³-hybridized carbons (Fsp3) is 0.545. The summed E-state index contributed by atoms with van der Waals surface area (Å²) in [5.41, 5.74) is 6.35. The summed E-state index contributed by atoms with van der Waals surface area (Å²) >= 11 is 0. The Kier molecular flexibility index (Phi) is 6.70. The highest BCUT2D eigenvalue weighted by Crippen LogP contribution is 2.33. The van der Waals surface area contributed by atoms with E-state index in [0.717, 1.165) is 4.57 Å². The first-order valence-corrected chi connectivity index (χ1v) is 12.0. The number of piperazine rings is 1. The fourth-order valence-electron chi connectivity index (χ4n) is 4.50. The average molecular weight is 521 g/mol. The number of halogens is 3. The Bertz CT molecular complexity index is 1270. The summed E-state index contributed by atoms with van der Waals surface area (Å²) in [6.07, 6.45) is -1.27. The van der Waals surface area contributed by atoms with Crippen LogP contribution in [0.2, 0.25) is 0 Å². The van der Waals surface area contributed by atoms with Crippen LogP contribution in [0.1, 0.15) is 13.3 Å². The number of amides is 1. The molecule has 0 aliphatic carbocycles. The molecule has 5 rings (SSSR count). The number of anilines is 3. The van der Waals surface area contributed by atoms with Gasteiger partial charge in [0.15, 0.2) is 22.8 Å². The maximum absolute atomic E-state index is 13.8. The van der Waals surface area contributed by atoms with Gasteiger partial charge in [-0.05, 0) is 0 Å². The van der Waals surface area contributed by atoms with E-state index in [1.54, 1.807) is 16.7 Å². The highest BCUT2D eigenvalue weighted by molar-refractivity contribution is 5.88. The third-order valence-corrected chi connectivity index (χ3v) is 6.35. The van der Waals surface area contributed by atoms with Crippen LogP contribution in [0.5, 0.6) is 0 Å². The number of fused-ring (bicyclic) bond motifs is 1. The summed E-state index contributed by atoms with van der Waals surface area (Å²) in [5, 5.41) is 0. The van der Waals surface area contributed by atoms with E-state index >= 15 is 0 Å². The second-order valence-electron chi connectivity index (χ2n) is 8.81. The molecule has 198 valence electrons. The minimum atomic E-state index is -4.52. The van der Waals surface area contributed by atoms with E-state index in [1.807, 2.05) is 4.90 Å². The minimum absolute atomic E-state index is 0.0132. The number of carbonyl (C=O) groups excluding carboxylic acids is 1. The molecule has 0 atom stereocenters. The van der Waals surface area contributed by atoms with E-state index in [0.29, 0.717) is 70.3 Å². The molecule has 0 aromatic carbocycles. The Hall–Kier alpha value is -3.75. The van der Waals surface area contributed by atoms with Gasteiger partial charge >= 0.3 is 6.18 Å². The molecule has 1 amide bonds. The molecule has 0 unspecified atom stereocenters. The number of alkyl halides is 3. The fourth-order valence-corrected chi connectivity index (χ4v) is 4.50. The number of morpholine rings is 1. The van der Waals surface area contributed by atoms with Gasteiger partial charge in [0, 0.05) is 58.1 Å². The van der Waals surface area contributed by atoms with Crippen molar-refractivity contribution in [3.63, 3.8) is 0 Å². The molecule has 2 aliphatic heterocycles. The molecular formula is C22H27F3N10O2. The molecule has 2 N–H and O–H groups in total. The van der Waals surface area contributed by atoms with Crippen LogP contribution in [0.4, 0.5) is 30.9 Å². The van der Waals surface area contributed by atoms with Crippen molar-refractivity contribution in [2.75, 3.05) is 68.0 Å². The molecule has 3 aromatic rings. The number of imidazole rings is 1. The van der Waals surface area contributed by atoms with Gasteiger partial charge in [0.2, 0.25) is 17.8 Å². The number of ether oxygens (including phenoxy) is 1. The topological polar surface area (TPSA) is 131 Å². The normalized spacial score (nSPS) is 17.0. The van der Waals surface area contributed by atoms with Crippen molar-refractivity contribution in [2.24, 2.45) is 0 Å². The van der Waals surface area contributed by atoms with Gasteiger partial charge < -0.3 is 25.2 Å². The minimum Gasteiger partial charge on any atom is -0.378 e. The Labute approximate surface area is 210 Å². The van der Waals surface area contributed by atoms with Crippen LogP contribution in [-0.2, 0) is 16.1 Å². The number of carbonyl (C=O) groups is 1. The number of rotatable bonds is 5. The molecule has 0 saturated carbocycles. The number of hydrogen-bond donors (Lipinski definition) is 1. The van der Waals surface area contributed by atoms with Gasteiger partial charge in [-0.15, -0.1) is 0 Å². The Balaban J connectivity index is 1.64. The van der Waals surface area contributed by atoms with Crippen LogP contribution >= 0.6 is 0 Å². The van der Waals surface area contributed by atoms with Crippen molar-refractivity contribution >= 4 is 34.8 Å². The van der Waals surface area contributed by atoms with E-state index < -0.39 is 12.7 Å². The van der Waals surface area contributed by atoms with Crippen LogP contribution in [0.15, 0.2) is 12.4 Å². The lowest BCUT2D eigenvalue weighted by Gasteiger charge is -2.35. The largest absolute Gasteiger partial charge is 0.406 e. The first-order valence-electron chi connectivity index (χ1n) is 12.0. The summed E-state index contributed by atoms with van der Waals surface area (Å²) in [7, 11) is 0. The van der Waals surface area contributed by atoms with E-state index in [9.17, 15) is 18.0 Å². The van der Waals surface area contributed by atoms with Crippen LogP contribution in [0.3, 0.4) is 0 Å². The van der Waals surface area contributed by atoms with Gasteiger partial charge in [-0.3, -0.25) is 9.36 Å². The maximum Gasteiger partial charge on any atom is 0.406 e. The van der Waals surface area contributed by atoms with E-state index in [1.165, 1.54) is 12.4 Å². The molecule has 0 bridgehead atoms. The molecule has 0 spiro atoms. The molecule has 0 radical (unpaired) electrons. The summed E-state index contributed by atoms with van der Waals surface area (Å²) in [6, 6.07) is 0. The third-order valence-electron chi connectivity index (χ3n) is 6.35. The van der Waals surface area contributed by atoms with Gasteiger partial charge in [-0.25, -0.2) is 24.9 Å². The van der Waals surface area contributed by atoms with Crippen LogP contribution in [-0.4, -0.2) is 99.0 Å². The van der Waals surface area contributed by atoms with Gasteiger partial charge in [-0.1, -0.05) is 6.92 Å². The molecule has 5 heterocycles. The number of nitrogens with zero attached hydrogens (tertiary/aromatic N) is 9. The summed E-state index contributed by atoms with van der Waals surface area (Å²) in [6.45, 7) is 3.93. The highest BCUT2D eigenvalue weighted by atomic mass is 19.4. The summed E-state index contributed by atoms with van der Waals surface area (Å²) in [5.74, 6) is 0.803. The quantitative estimate of drug-likeness (QED) is 0.525. The Morgan fingerprint density at radius 3 is 2.30 bits per heavy atom. The van der Waals surface area contributed by atoms with E-state index in [2.05, 4.69) is 24.9 Å². The number of hydrogen-bond acceptors (Lipinski definition) is 10. The third kappa shape index (κ3) is 5.21.